The van der Waals surface area contributed by atoms with Gasteiger partial charge >= 0.3 is 0 Å². The van der Waals surface area contributed by atoms with Gasteiger partial charge in [0.2, 0.25) is 0 Å². The quantitative estimate of drug-likeness (QED) is 0.758. The summed E-state index contributed by atoms with van der Waals surface area (Å²) in [6, 6.07) is 5.46. The molecule has 2 aliphatic heterocycles. The number of hydrogen-bond acceptors (Lipinski definition) is 2. The molecular weight excluding hydrogens is 327 g/mol. The van der Waals surface area contributed by atoms with E-state index in [1.54, 1.807) is 6.07 Å². The summed E-state index contributed by atoms with van der Waals surface area (Å²) in [6.45, 7) is 3.32. The number of anilines is 1. The lowest BCUT2D eigenvalue weighted by Gasteiger charge is -2.41. The Kier molecular flexibility index (Phi) is 4.90. The van der Waals surface area contributed by atoms with Crippen molar-refractivity contribution >= 4 is 40.5 Å². The Morgan fingerprint density at radius 2 is 1.67 bits per heavy atom. The van der Waals surface area contributed by atoms with Crippen LogP contribution in [0.15, 0.2) is 12.1 Å². The normalized spacial score (nSPS) is 28.2. The third-order valence-electron chi connectivity index (χ3n) is 4.68. The Morgan fingerprint density at radius 3 is 2.29 bits per heavy atom. The summed E-state index contributed by atoms with van der Waals surface area (Å²) in [6.07, 6.45) is 6.05. The summed E-state index contributed by atoms with van der Waals surface area (Å²) in [7, 11) is 0. The molecule has 21 heavy (non-hydrogen) atoms. The Morgan fingerprint density at radius 1 is 1.05 bits per heavy atom. The number of hydrogen-bond donors (Lipinski definition) is 1. The molecular formula is C16H21Cl3N2. The van der Waals surface area contributed by atoms with Crippen LogP contribution in [0.2, 0.25) is 15.1 Å². The van der Waals surface area contributed by atoms with Crippen molar-refractivity contribution in [3.8, 4) is 0 Å². The highest BCUT2D eigenvalue weighted by atomic mass is 35.5. The molecule has 2 saturated heterocycles. The molecule has 1 aromatic carbocycles. The second-order valence-electron chi connectivity index (χ2n) is 6.13. The predicted octanol–water partition coefficient (Wildman–Crippen LogP) is 5.15. The van der Waals surface area contributed by atoms with E-state index < -0.39 is 0 Å². The largest absolute Gasteiger partial charge is 0.364 e. The first kappa shape index (κ1) is 15.7. The van der Waals surface area contributed by atoms with Crippen molar-refractivity contribution in [3.05, 3.63) is 27.2 Å². The van der Waals surface area contributed by atoms with E-state index in [0.717, 1.165) is 12.2 Å². The minimum Gasteiger partial charge on any atom is -0.364 e. The van der Waals surface area contributed by atoms with Gasteiger partial charge in [0.1, 0.15) is 0 Å². The molecule has 0 saturated carbocycles. The molecule has 3 rings (SSSR count). The number of nitrogens with one attached hydrogen (secondary N) is 1. The predicted molar refractivity (Wildman–Crippen MR) is 92.1 cm³/mol. The van der Waals surface area contributed by atoms with Crippen LogP contribution >= 0.6 is 34.8 Å². The van der Waals surface area contributed by atoms with Gasteiger partial charge in [-0.3, -0.25) is 0 Å². The Balaban J connectivity index is 1.81. The zero-order valence-electron chi connectivity index (χ0n) is 12.2. The van der Waals surface area contributed by atoms with Crippen LogP contribution in [0, 0.1) is 0 Å². The number of piperidine rings is 1. The van der Waals surface area contributed by atoms with Gasteiger partial charge in [-0.1, -0.05) is 41.7 Å². The van der Waals surface area contributed by atoms with E-state index in [2.05, 4.69) is 17.1 Å². The average Bonchev–Trinajstić information content (AvgIpc) is 2.71. The number of fused-ring (bicyclic) bond motifs is 2. The van der Waals surface area contributed by atoms with Crippen molar-refractivity contribution in [3.63, 3.8) is 0 Å². The fourth-order valence-electron chi connectivity index (χ4n) is 3.80. The smallest absolute Gasteiger partial charge is 0.0655 e. The second kappa shape index (κ2) is 6.54. The maximum absolute atomic E-state index is 6.41. The summed E-state index contributed by atoms with van der Waals surface area (Å²) in [5.41, 5.74) is 1.05. The van der Waals surface area contributed by atoms with Gasteiger partial charge in [0.05, 0.1) is 20.8 Å². The maximum atomic E-state index is 6.41. The average molecular weight is 348 g/mol. The van der Waals surface area contributed by atoms with Gasteiger partial charge in [-0.05, 0) is 50.8 Å². The van der Waals surface area contributed by atoms with Crippen LogP contribution in [0.1, 0.15) is 39.0 Å². The first-order chi connectivity index (χ1) is 10.1. The highest BCUT2D eigenvalue weighted by molar-refractivity contribution is 6.44. The van der Waals surface area contributed by atoms with E-state index >= 15 is 0 Å². The van der Waals surface area contributed by atoms with Gasteiger partial charge in [-0.15, -0.1) is 0 Å². The maximum Gasteiger partial charge on any atom is 0.0655 e. The van der Waals surface area contributed by atoms with Gasteiger partial charge in [-0.2, -0.15) is 0 Å². The van der Waals surface area contributed by atoms with E-state index in [1.807, 2.05) is 6.07 Å². The molecule has 0 aliphatic carbocycles. The van der Waals surface area contributed by atoms with Crippen molar-refractivity contribution in [2.45, 2.75) is 57.2 Å². The lowest BCUT2D eigenvalue weighted by atomic mass is 9.96. The summed E-state index contributed by atoms with van der Waals surface area (Å²) in [4.78, 5) is 2.48. The standard InChI is InChI=1S/C16H21Cl3N2/c1-2-5-20-10-6-11-3-4-12(7-10)21(11)16-9-14(18)13(17)8-15(16)19/h8-12,20H,2-7H2,1H3. The molecule has 5 heteroatoms. The fraction of sp³-hybridized carbons (Fsp3) is 0.625. The molecule has 2 heterocycles. The first-order valence-electron chi connectivity index (χ1n) is 7.76. The summed E-state index contributed by atoms with van der Waals surface area (Å²) < 4.78 is 0. The molecule has 0 amide bonds. The minimum absolute atomic E-state index is 0.525. The lowest BCUT2D eigenvalue weighted by molar-refractivity contribution is 0.357. The lowest BCUT2D eigenvalue weighted by Crippen LogP contribution is -2.49. The molecule has 2 aliphatic rings. The van der Waals surface area contributed by atoms with Crippen LogP contribution in [0.4, 0.5) is 5.69 Å². The van der Waals surface area contributed by atoms with E-state index in [0.29, 0.717) is 33.2 Å². The first-order valence-corrected chi connectivity index (χ1v) is 8.89. The molecule has 0 aromatic heterocycles. The molecule has 0 radical (unpaired) electrons. The van der Waals surface area contributed by atoms with Crippen LogP contribution in [0.3, 0.4) is 0 Å². The van der Waals surface area contributed by atoms with Gasteiger partial charge < -0.3 is 10.2 Å². The summed E-state index contributed by atoms with van der Waals surface area (Å²) >= 11 is 18.7. The monoisotopic (exact) mass is 346 g/mol. The molecule has 2 nitrogen and oxygen atoms in total. The van der Waals surface area contributed by atoms with E-state index in [4.69, 9.17) is 34.8 Å². The van der Waals surface area contributed by atoms with Gasteiger partial charge in [0.15, 0.2) is 0 Å². The van der Waals surface area contributed by atoms with Crippen LogP contribution in [-0.4, -0.2) is 24.7 Å². The van der Waals surface area contributed by atoms with Crippen LogP contribution in [0.5, 0.6) is 0 Å². The Bertz CT molecular complexity index is 506. The third-order valence-corrected chi connectivity index (χ3v) is 5.71. The molecule has 1 aromatic rings. The topological polar surface area (TPSA) is 15.3 Å². The van der Waals surface area contributed by atoms with Crippen molar-refractivity contribution in [1.29, 1.82) is 0 Å². The van der Waals surface area contributed by atoms with Crippen LogP contribution in [0.25, 0.3) is 0 Å². The number of halogens is 3. The summed E-state index contributed by atoms with van der Waals surface area (Å²) in [5, 5.41) is 5.49. The SMILES string of the molecule is CCCNC1CC2CCC(C1)N2c1cc(Cl)c(Cl)cc1Cl. The zero-order chi connectivity index (χ0) is 15.0. The van der Waals surface area contributed by atoms with Crippen LogP contribution < -0.4 is 10.2 Å². The van der Waals surface area contributed by atoms with Crippen LogP contribution in [-0.2, 0) is 0 Å². The van der Waals surface area contributed by atoms with E-state index in [1.165, 1.54) is 32.1 Å². The van der Waals surface area contributed by atoms with E-state index in [9.17, 15) is 0 Å². The molecule has 2 unspecified atom stereocenters. The minimum atomic E-state index is 0.525. The highest BCUT2D eigenvalue weighted by Gasteiger charge is 2.41. The second-order valence-corrected chi connectivity index (χ2v) is 7.35. The summed E-state index contributed by atoms with van der Waals surface area (Å²) in [5.74, 6) is 0. The van der Waals surface area contributed by atoms with Gasteiger partial charge in [-0.25, -0.2) is 0 Å². The van der Waals surface area contributed by atoms with Gasteiger partial charge in [0.25, 0.3) is 0 Å². The number of nitrogens with zero attached hydrogens (tertiary/aromatic N) is 1. The zero-order valence-corrected chi connectivity index (χ0v) is 14.5. The Hall–Kier alpha value is -0.150. The Labute approximate surface area is 141 Å². The number of rotatable bonds is 4. The molecule has 116 valence electrons. The molecule has 0 spiro atoms. The molecule has 1 N–H and O–H groups in total. The fourth-order valence-corrected chi connectivity index (χ4v) is 4.43. The third kappa shape index (κ3) is 3.14. The highest BCUT2D eigenvalue weighted by Crippen LogP contribution is 2.44. The molecule has 2 fully saturated rings. The number of benzene rings is 1. The van der Waals surface area contributed by atoms with Gasteiger partial charge in [0, 0.05) is 18.1 Å². The van der Waals surface area contributed by atoms with Crippen molar-refractivity contribution < 1.29 is 0 Å². The van der Waals surface area contributed by atoms with Crippen molar-refractivity contribution in [1.82, 2.24) is 5.32 Å². The van der Waals surface area contributed by atoms with Crippen molar-refractivity contribution in [2.75, 3.05) is 11.4 Å². The van der Waals surface area contributed by atoms with Crippen molar-refractivity contribution in [2.24, 2.45) is 0 Å². The van der Waals surface area contributed by atoms with E-state index in [-0.39, 0.29) is 0 Å². The molecule has 2 atom stereocenters. The molecule has 2 bridgehead atoms.